The molecular weight excluding hydrogens is 409 g/mol. The zero-order chi connectivity index (χ0) is 20.8. The Balaban J connectivity index is 1.78. The fourth-order valence-electron chi connectivity index (χ4n) is 2.59. The minimum atomic E-state index is -0.246. The molecule has 7 heteroatoms. The Labute approximate surface area is 177 Å². The molecule has 142 valence electrons. The molecule has 0 heterocycles. The lowest BCUT2D eigenvalue weighted by atomic mass is 10.1. The molecule has 0 aliphatic carbocycles. The van der Waals surface area contributed by atoms with Crippen molar-refractivity contribution in [1.82, 2.24) is 0 Å². The highest BCUT2D eigenvalue weighted by molar-refractivity contribution is 6.33. The molecular formula is C22H13Cl2N3O2. The summed E-state index contributed by atoms with van der Waals surface area (Å²) in [6.45, 7) is 0. The highest BCUT2D eigenvalue weighted by Crippen LogP contribution is 2.31. The molecule has 0 saturated heterocycles. The van der Waals surface area contributed by atoms with Crippen molar-refractivity contribution in [1.29, 1.82) is 10.5 Å². The zero-order valence-electron chi connectivity index (χ0n) is 14.9. The van der Waals surface area contributed by atoms with E-state index in [2.05, 4.69) is 5.32 Å². The second kappa shape index (κ2) is 9.12. The van der Waals surface area contributed by atoms with Gasteiger partial charge in [0.1, 0.15) is 11.5 Å². The third-order valence-corrected chi connectivity index (χ3v) is 4.54. The molecule has 0 aliphatic heterocycles. The second-order valence-electron chi connectivity index (χ2n) is 6.04. The number of nitrogens with zero attached hydrogens (tertiary/aromatic N) is 2. The predicted molar refractivity (Wildman–Crippen MR) is 111 cm³/mol. The first-order chi connectivity index (χ1) is 14.0. The molecule has 0 spiro atoms. The molecule has 0 bridgehead atoms. The van der Waals surface area contributed by atoms with Gasteiger partial charge in [0.2, 0.25) is 5.91 Å². The fraction of sp³-hybridized carbons (Fsp3) is 0.0455. The van der Waals surface area contributed by atoms with Crippen LogP contribution in [0.3, 0.4) is 0 Å². The zero-order valence-corrected chi connectivity index (χ0v) is 16.5. The Morgan fingerprint density at radius 1 is 0.931 bits per heavy atom. The molecule has 1 amide bonds. The number of carbonyl (C=O) groups is 1. The van der Waals surface area contributed by atoms with Gasteiger partial charge in [0.15, 0.2) is 0 Å². The first-order valence-corrected chi connectivity index (χ1v) is 9.20. The van der Waals surface area contributed by atoms with Crippen molar-refractivity contribution in [2.45, 2.75) is 6.42 Å². The van der Waals surface area contributed by atoms with Crippen LogP contribution in [0.15, 0.2) is 60.7 Å². The van der Waals surface area contributed by atoms with Crippen LogP contribution in [-0.4, -0.2) is 5.91 Å². The summed E-state index contributed by atoms with van der Waals surface area (Å²) in [5.74, 6) is 0.374. The van der Waals surface area contributed by atoms with Crippen LogP contribution in [-0.2, 0) is 11.2 Å². The molecule has 3 rings (SSSR count). The normalized spacial score (nSPS) is 9.93. The number of amides is 1. The lowest BCUT2D eigenvalue weighted by Crippen LogP contribution is -2.14. The van der Waals surface area contributed by atoms with E-state index in [-0.39, 0.29) is 12.3 Å². The topological polar surface area (TPSA) is 85.9 Å². The molecule has 0 aromatic heterocycles. The quantitative estimate of drug-likeness (QED) is 0.571. The maximum absolute atomic E-state index is 12.3. The fourth-order valence-corrected chi connectivity index (χ4v) is 2.93. The minimum Gasteiger partial charge on any atom is -0.456 e. The van der Waals surface area contributed by atoms with E-state index in [1.807, 2.05) is 12.1 Å². The molecule has 0 unspecified atom stereocenters. The van der Waals surface area contributed by atoms with Gasteiger partial charge < -0.3 is 10.1 Å². The second-order valence-corrected chi connectivity index (χ2v) is 6.86. The molecule has 3 aromatic carbocycles. The lowest BCUT2D eigenvalue weighted by molar-refractivity contribution is -0.115. The first-order valence-electron chi connectivity index (χ1n) is 8.44. The standard InChI is InChI=1S/C22H13Cl2N3O2/c23-18-3-1-2-4-20(18)27-22(28)11-14-5-6-19(24)21(10-14)29-17-8-15(12-25)7-16(9-17)13-26/h1-10H,11H2,(H,27,28). The van der Waals surface area contributed by atoms with E-state index in [1.54, 1.807) is 42.5 Å². The van der Waals surface area contributed by atoms with Crippen LogP contribution >= 0.6 is 23.2 Å². The van der Waals surface area contributed by atoms with Crippen LogP contribution in [0.4, 0.5) is 5.69 Å². The average molecular weight is 422 g/mol. The minimum absolute atomic E-state index is 0.0838. The van der Waals surface area contributed by atoms with E-state index >= 15 is 0 Å². The van der Waals surface area contributed by atoms with Gasteiger partial charge in [-0.3, -0.25) is 4.79 Å². The molecule has 5 nitrogen and oxygen atoms in total. The van der Waals surface area contributed by atoms with Gasteiger partial charge in [0, 0.05) is 0 Å². The predicted octanol–water partition coefficient (Wildman–Crippen LogP) is 5.71. The summed E-state index contributed by atoms with van der Waals surface area (Å²) < 4.78 is 5.77. The van der Waals surface area contributed by atoms with E-state index in [0.717, 1.165) is 0 Å². The van der Waals surface area contributed by atoms with E-state index in [4.69, 9.17) is 38.5 Å². The van der Waals surface area contributed by atoms with Gasteiger partial charge >= 0.3 is 0 Å². The van der Waals surface area contributed by atoms with Crippen LogP contribution < -0.4 is 10.1 Å². The van der Waals surface area contributed by atoms with Crippen molar-refractivity contribution in [3.8, 4) is 23.6 Å². The van der Waals surface area contributed by atoms with Crippen molar-refractivity contribution >= 4 is 34.8 Å². The summed E-state index contributed by atoms with van der Waals surface area (Å²) in [5, 5.41) is 21.7. The number of benzene rings is 3. The maximum Gasteiger partial charge on any atom is 0.228 e. The highest BCUT2D eigenvalue weighted by atomic mass is 35.5. The Morgan fingerprint density at radius 2 is 1.62 bits per heavy atom. The van der Waals surface area contributed by atoms with Gasteiger partial charge in [0.05, 0.1) is 45.4 Å². The number of anilines is 1. The van der Waals surface area contributed by atoms with Crippen LogP contribution in [0.2, 0.25) is 10.0 Å². The van der Waals surface area contributed by atoms with Crippen molar-refractivity contribution in [3.05, 3.63) is 87.4 Å². The smallest absolute Gasteiger partial charge is 0.228 e. The molecule has 3 aromatic rings. The Kier molecular flexibility index (Phi) is 6.36. The molecule has 0 fully saturated rings. The van der Waals surface area contributed by atoms with Gasteiger partial charge in [-0.2, -0.15) is 10.5 Å². The maximum atomic E-state index is 12.3. The number of para-hydroxylation sites is 1. The molecule has 0 radical (unpaired) electrons. The molecule has 29 heavy (non-hydrogen) atoms. The number of halogens is 2. The van der Waals surface area contributed by atoms with E-state index < -0.39 is 0 Å². The summed E-state index contributed by atoms with van der Waals surface area (Å²) in [6.07, 6.45) is 0.0838. The largest absolute Gasteiger partial charge is 0.456 e. The SMILES string of the molecule is N#Cc1cc(C#N)cc(Oc2cc(CC(=O)Nc3ccccc3Cl)ccc2Cl)c1. The number of rotatable bonds is 5. The highest BCUT2D eigenvalue weighted by Gasteiger charge is 2.11. The Hall–Kier alpha value is -3.51. The monoisotopic (exact) mass is 421 g/mol. The summed E-state index contributed by atoms with van der Waals surface area (Å²) in [4.78, 5) is 12.3. The van der Waals surface area contributed by atoms with Gasteiger partial charge in [-0.25, -0.2) is 0 Å². The van der Waals surface area contributed by atoms with Gasteiger partial charge in [-0.15, -0.1) is 0 Å². The lowest BCUT2D eigenvalue weighted by Gasteiger charge is -2.11. The third-order valence-electron chi connectivity index (χ3n) is 3.90. The number of nitriles is 2. The van der Waals surface area contributed by atoms with Crippen molar-refractivity contribution in [2.75, 3.05) is 5.32 Å². The van der Waals surface area contributed by atoms with Crippen molar-refractivity contribution < 1.29 is 9.53 Å². The molecule has 0 aliphatic rings. The summed E-state index contributed by atoms with van der Waals surface area (Å²) in [5.41, 5.74) is 1.80. The van der Waals surface area contributed by atoms with Crippen LogP contribution in [0, 0.1) is 22.7 Å². The summed E-state index contributed by atoms with van der Waals surface area (Å²) in [6, 6.07) is 20.4. The Bertz CT molecular complexity index is 1130. The number of hydrogen-bond donors (Lipinski definition) is 1. The van der Waals surface area contributed by atoms with E-state index in [1.165, 1.54) is 18.2 Å². The van der Waals surface area contributed by atoms with Crippen LogP contribution in [0.1, 0.15) is 16.7 Å². The first kappa shape index (κ1) is 20.2. The van der Waals surface area contributed by atoms with Crippen molar-refractivity contribution in [3.63, 3.8) is 0 Å². The number of nitrogens with one attached hydrogen (secondary N) is 1. The average Bonchev–Trinajstić information content (AvgIpc) is 2.72. The summed E-state index contributed by atoms with van der Waals surface area (Å²) in [7, 11) is 0. The van der Waals surface area contributed by atoms with Crippen LogP contribution in [0.25, 0.3) is 0 Å². The molecule has 1 N–H and O–H groups in total. The van der Waals surface area contributed by atoms with E-state index in [9.17, 15) is 4.79 Å². The van der Waals surface area contributed by atoms with Crippen LogP contribution in [0.5, 0.6) is 11.5 Å². The van der Waals surface area contributed by atoms with E-state index in [0.29, 0.717) is 43.9 Å². The third kappa shape index (κ3) is 5.27. The van der Waals surface area contributed by atoms with Gasteiger partial charge in [0.25, 0.3) is 0 Å². The summed E-state index contributed by atoms with van der Waals surface area (Å²) >= 11 is 12.3. The number of carbonyl (C=O) groups excluding carboxylic acids is 1. The molecule has 0 saturated carbocycles. The van der Waals surface area contributed by atoms with Gasteiger partial charge in [-0.05, 0) is 48.0 Å². The van der Waals surface area contributed by atoms with Crippen molar-refractivity contribution in [2.24, 2.45) is 0 Å². The molecule has 0 atom stereocenters. The number of hydrogen-bond acceptors (Lipinski definition) is 4. The van der Waals surface area contributed by atoms with Gasteiger partial charge in [-0.1, -0.05) is 41.4 Å². The number of ether oxygens (including phenoxy) is 1. The Morgan fingerprint density at radius 3 is 2.28 bits per heavy atom.